The fourth-order valence-electron chi connectivity index (χ4n) is 2.18. The molecule has 1 heterocycles. The van der Waals surface area contributed by atoms with Gasteiger partial charge in [-0.3, -0.25) is 4.68 Å². The van der Waals surface area contributed by atoms with E-state index in [1.165, 1.54) is 24.2 Å². The van der Waals surface area contributed by atoms with Crippen LogP contribution >= 0.6 is 0 Å². The van der Waals surface area contributed by atoms with Gasteiger partial charge in [0.25, 0.3) is 0 Å². The largest absolute Gasteiger partial charge is 0.306 e. The second-order valence-corrected chi connectivity index (χ2v) is 5.45. The van der Waals surface area contributed by atoms with Crippen LogP contribution in [0.1, 0.15) is 45.0 Å². The van der Waals surface area contributed by atoms with Crippen molar-refractivity contribution in [3.8, 4) is 0 Å². The molecule has 0 saturated heterocycles. The van der Waals surface area contributed by atoms with Gasteiger partial charge in [0.05, 0.1) is 11.4 Å². The minimum absolute atomic E-state index is 0.274. The lowest BCUT2D eigenvalue weighted by Gasteiger charge is -2.26. The Morgan fingerprint density at radius 1 is 1.50 bits per heavy atom. The van der Waals surface area contributed by atoms with E-state index >= 15 is 0 Å². The number of rotatable bonds is 5. The van der Waals surface area contributed by atoms with E-state index in [-0.39, 0.29) is 5.54 Å². The Balaban J connectivity index is 1.95. The van der Waals surface area contributed by atoms with Gasteiger partial charge in [-0.15, -0.1) is 0 Å². The molecule has 3 nitrogen and oxygen atoms in total. The maximum Gasteiger partial charge on any atom is 0.0625 e. The van der Waals surface area contributed by atoms with Crippen molar-refractivity contribution in [2.75, 3.05) is 0 Å². The zero-order valence-corrected chi connectivity index (χ0v) is 10.9. The van der Waals surface area contributed by atoms with Gasteiger partial charge in [-0.2, -0.15) is 5.10 Å². The van der Waals surface area contributed by atoms with Gasteiger partial charge in [-0.1, -0.05) is 6.92 Å². The third-order valence-electron chi connectivity index (χ3n) is 3.71. The number of nitrogens with one attached hydrogen (secondary N) is 1. The molecule has 0 radical (unpaired) electrons. The number of aromatic nitrogens is 2. The number of aryl methyl sites for hydroxylation is 2. The van der Waals surface area contributed by atoms with Crippen LogP contribution in [0.25, 0.3) is 0 Å². The van der Waals surface area contributed by atoms with Crippen LogP contribution in [0.2, 0.25) is 0 Å². The van der Waals surface area contributed by atoms with E-state index in [2.05, 4.69) is 37.3 Å². The Bertz CT molecular complexity index is 361. The Hall–Kier alpha value is -0.830. The third-order valence-corrected chi connectivity index (χ3v) is 3.71. The molecule has 0 spiro atoms. The van der Waals surface area contributed by atoms with Crippen LogP contribution in [0.4, 0.5) is 0 Å². The third kappa shape index (κ3) is 2.46. The van der Waals surface area contributed by atoms with Gasteiger partial charge in [0.2, 0.25) is 0 Å². The topological polar surface area (TPSA) is 29.9 Å². The highest BCUT2D eigenvalue weighted by Gasteiger charge is 2.37. The molecule has 1 N–H and O–H groups in total. The summed E-state index contributed by atoms with van der Waals surface area (Å²) in [5.41, 5.74) is 2.74. The second-order valence-electron chi connectivity index (χ2n) is 5.45. The van der Waals surface area contributed by atoms with Crippen LogP contribution in [0.15, 0.2) is 6.07 Å². The molecular formula is C13H23N3. The molecule has 3 heteroatoms. The van der Waals surface area contributed by atoms with E-state index in [9.17, 15) is 0 Å². The van der Waals surface area contributed by atoms with Crippen molar-refractivity contribution >= 4 is 0 Å². The lowest BCUT2D eigenvalue weighted by Crippen LogP contribution is -2.41. The molecule has 0 amide bonds. The van der Waals surface area contributed by atoms with Crippen LogP contribution < -0.4 is 5.32 Å². The second kappa shape index (κ2) is 4.21. The molecule has 1 saturated carbocycles. The molecule has 1 aliphatic carbocycles. The van der Waals surface area contributed by atoms with Crippen molar-refractivity contribution in [1.29, 1.82) is 0 Å². The summed E-state index contributed by atoms with van der Waals surface area (Å²) in [6.07, 6.45) is 3.77. The van der Waals surface area contributed by atoms with Crippen molar-refractivity contribution < 1.29 is 0 Å². The van der Waals surface area contributed by atoms with Crippen molar-refractivity contribution in [2.45, 2.75) is 52.1 Å². The minimum atomic E-state index is 0.274. The molecule has 2 rings (SSSR count). The highest BCUT2D eigenvalue weighted by molar-refractivity contribution is 5.10. The van der Waals surface area contributed by atoms with Crippen LogP contribution in [0.3, 0.4) is 0 Å². The molecular weight excluding hydrogens is 198 g/mol. The van der Waals surface area contributed by atoms with E-state index in [0.717, 1.165) is 18.9 Å². The average molecular weight is 221 g/mol. The quantitative estimate of drug-likeness (QED) is 0.826. The van der Waals surface area contributed by atoms with Crippen molar-refractivity contribution in [2.24, 2.45) is 13.0 Å². The van der Waals surface area contributed by atoms with Crippen molar-refractivity contribution in [3.05, 3.63) is 17.5 Å². The van der Waals surface area contributed by atoms with Crippen LogP contribution in [0.5, 0.6) is 0 Å². The predicted octanol–water partition coefficient (Wildman–Crippen LogP) is 2.26. The van der Waals surface area contributed by atoms with Gasteiger partial charge in [0.15, 0.2) is 0 Å². The van der Waals surface area contributed by atoms with E-state index in [4.69, 9.17) is 0 Å². The number of nitrogens with zero attached hydrogens (tertiary/aromatic N) is 2. The van der Waals surface area contributed by atoms with Crippen molar-refractivity contribution in [3.63, 3.8) is 0 Å². The summed E-state index contributed by atoms with van der Waals surface area (Å²) in [4.78, 5) is 0. The molecule has 0 aromatic carbocycles. The summed E-state index contributed by atoms with van der Waals surface area (Å²) >= 11 is 0. The first-order chi connectivity index (χ1) is 7.53. The summed E-state index contributed by atoms with van der Waals surface area (Å²) in [7, 11) is 2.03. The van der Waals surface area contributed by atoms with Crippen LogP contribution in [0, 0.1) is 5.92 Å². The monoisotopic (exact) mass is 221 g/mol. The van der Waals surface area contributed by atoms with Gasteiger partial charge in [0.1, 0.15) is 0 Å². The van der Waals surface area contributed by atoms with Gasteiger partial charge < -0.3 is 5.32 Å². The molecule has 1 aromatic heterocycles. The number of hydrogen-bond donors (Lipinski definition) is 1. The Morgan fingerprint density at radius 3 is 2.69 bits per heavy atom. The molecule has 16 heavy (non-hydrogen) atoms. The molecule has 0 bridgehead atoms. The first kappa shape index (κ1) is 11.6. The lowest BCUT2D eigenvalue weighted by molar-refractivity contribution is 0.335. The standard InChI is InChI=1S/C13H23N3/c1-5-11-8-12(16(4)15-11)9-14-13(2,3)10-6-7-10/h8,10,14H,5-7,9H2,1-4H3. The minimum Gasteiger partial charge on any atom is -0.306 e. The highest BCUT2D eigenvalue weighted by atomic mass is 15.3. The van der Waals surface area contributed by atoms with E-state index in [1.807, 2.05) is 11.7 Å². The van der Waals surface area contributed by atoms with E-state index in [0.29, 0.717) is 0 Å². The van der Waals surface area contributed by atoms with E-state index < -0.39 is 0 Å². The molecule has 0 aliphatic heterocycles. The summed E-state index contributed by atoms with van der Waals surface area (Å²) in [6.45, 7) is 7.68. The average Bonchev–Trinajstić information content (AvgIpc) is 3.02. The smallest absolute Gasteiger partial charge is 0.0625 e. The summed E-state index contributed by atoms with van der Waals surface area (Å²) in [5.74, 6) is 0.867. The maximum atomic E-state index is 4.47. The zero-order chi connectivity index (χ0) is 11.8. The Kier molecular flexibility index (Phi) is 3.06. The SMILES string of the molecule is CCc1cc(CNC(C)(C)C2CC2)n(C)n1. The van der Waals surface area contributed by atoms with Gasteiger partial charge >= 0.3 is 0 Å². The first-order valence-electron chi connectivity index (χ1n) is 6.29. The number of hydrogen-bond acceptors (Lipinski definition) is 2. The van der Waals surface area contributed by atoms with Crippen LogP contribution in [-0.2, 0) is 20.0 Å². The summed E-state index contributed by atoms with van der Waals surface area (Å²) < 4.78 is 1.99. The van der Waals surface area contributed by atoms with E-state index in [1.54, 1.807) is 0 Å². The molecule has 1 fully saturated rings. The van der Waals surface area contributed by atoms with Gasteiger partial charge in [-0.25, -0.2) is 0 Å². The Labute approximate surface area is 98.2 Å². The normalized spacial score (nSPS) is 16.8. The molecule has 0 unspecified atom stereocenters. The fraction of sp³-hybridized carbons (Fsp3) is 0.769. The van der Waals surface area contributed by atoms with Gasteiger partial charge in [0, 0.05) is 19.1 Å². The molecule has 1 aliphatic rings. The summed E-state index contributed by atoms with van der Waals surface area (Å²) in [5, 5.41) is 8.12. The highest BCUT2D eigenvalue weighted by Crippen LogP contribution is 2.39. The fourth-order valence-corrected chi connectivity index (χ4v) is 2.18. The molecule has 1 aromatic rings. The Morgan fingerprint density at radius 2 is 2.19 bits per heavy atom. The zero-order valence-electron chi connectivity index (χ0n) is 10.9. The van der Waals surface area contributed by atoms with Gasteiger partial charge in [-0.05, 0) is 45.1 Å². The van der Waals surface area contributed by atoms with Crippen molar-refractivity contribution in [1.82, 2.24) is 15.1 Å². The predicted molar refractivity (Wildman–Crippen MR) is 66.2 cm³/mol. The van der Waals surface area contributed by atoms with Crippen LogP contribution in [-0.4, -0.2) is 15.3 Å². The maximum absolute atomic E-state index is 4.47. The molecule has 90 valence electrons. The molecule has 0 atom stereocenters. The lowest BCUT2D eigenvalue weighted by atomic mass is 9.99. The summed E-state index contributed by atoms with van der Waals surface area (Å²) in [6, 6.07) is 2.20. The first-order valence-corrected chi connectivity index (χ1v) is 6.29.